The van der Waals surface area contributed by atoms with Crippen molar-refractivity contribution in [3.8, 4) is 17.2 Å². The van der Waals surface area contributed by atoms with E-state index in [9.17, 15) is 9.59 Å². The Morgan fingerprint density at radius 2 is 1.74 bits per heavy atom. The van der Waals surface area contributed by atoms with Gasteiger partial charge < -0.3 is 14.8 Å². The van der Waals surface area contributed by atoms with Crippen molar-refractivity contribution in [1.29, 1.82) is 0 Å². The third kappa shape index (κ3) is 6.93. The summed E-state index contributed by atoms with van der Waals surface area (Å²) < 4.78 is 12.5. The van der Waals surface area contributed by atoms with Crippen LogP contribution in [0.4, 0.5) is 0 Å². The van der Waals surface area contributed by atoms with E-state index in [4.69, 9.17) is 14.6 Å². The van der Waals surface area contributed by atoms with Gasteiger partial charge in [0.15, 0.2) is 11.0 Å². The molecule has 1 aliphatic rings. The average Bonchev–Trinajstić information content (AvgIpc) is 3.88. The molecule has 0 saturated heterocycles. The molecular formula is C35H34N6O4S2. The van der Waals surface area contributed by atoms with E-state index in [0.29, 0.717) is 28.7 Å². The van der Waals surface area contributed by atoms with Crippen LogP contribution >= 0.6 is 23.1 Å². The number of nitrogens with one attached hydrogen (secondary N) is 1. The summed E-state index contributed by atoms with van der Waals surface area (Å²) in [5.74, 6) is 1.57. The number of aromatic nitrogens is 3. The Morgan fingerprint density at radius 1 is 0.957 bits per heavy atom. The first-order valence-corrected chi connectivity index (χ1v) is 16.9. The fourth-order valence-corrected chi connectivity index (χ4v) is 6.90. The van der Waals surface area contributed by atoms with Gasteiger partial charge in [0.25, 0.3) is 11.8 Å². The second kappa shape index (κ2) is 14.2. The van der Waals surface area contributed by atoms with Crippen molar-refractivity contribution in [2.75, 3.05) is 20.0 Å². The standard InChI is InChI=1S/C35H34N6O4S2/c1-22-8-5-11-29(23(22)2)40-32(20-36-34(43)25-9-6-10-27(18-25)45-4)37-38-35(40)47-21-33(42)41-30(24-13-15-26(44-3)16-14-24)19-28(39-41)31-12-7-17-46-31/h5-18,30H,19-21H2,1-4H3,(H,36,43). The predicted molar refractivity (Wildman–Crippen MR) is 184 cm³/mol. The number of carbonyl (C=O) groups excluding carboxylic acids is 2. The second-order valence-electron chi connectivity index (χ2n) is 10.9. The minimum Gasteiger partial charge on any atom is -0.497 e. The van der Waals surface area contributed by atoms with Crippen molar-refractivity contribution in [2.24, 2.45) is 5.10 Å². The monoisotopic (exact) mass is 666 g/mol. The fraction of sp³-hybridized carbons (Fsp3) is 0.229. The first kappa shape index (κ1) is 32.0. The molecule has 3 heterocycles. The molecule has 1 unspecified atom stereocenters. The van der Waals surface area contributed by atoms with Crippen LogP contribution in [-0.2, 0) is 11.3 Å². The number of thioether (sulfide) groups is 1. The van der Waals surface area contributed by atoms with Gasteiger partial charge in [-0.25, -0.2) is 5.01 Å². The Hall–Kier alpha value is -4.94. The predicted octanol–water partition coefficient (Wildman–Crippen LogP) is 6.36. The van der Waals surface area contributed by atoms with E-state index < -0.39 is 0 Å². The topological polar surface area (TPSA) is 111 Å². The van der Waals surface area contributed by atoms with Crippen molar-refractivity contribution >= 4 is 40.6 Å². The van der Waals surface area contributed by atoms with Gasteiger partial charge in [-0.1, -0.05) is 48.2 Å². The largest absolute Gasteiger partial charge is 0.497 e. The summed E-state index contributed by atoms with van der Waals surface area (Å²) in [6.45, 7) is 4.21. The van der Waals surface area contributed by atoms with Crippen molar-refractivity contribution in [2.45, 2.75) is 38.0 Å². The van der Waals surface area contributed by atoms with E-state index in [1.54, 1.807) is 54.8 Å². The normalized spacial score (nSPS) is 14.2. The van der Waals surface area contributed by atoms with Crippen LogP contribution in [0.15, 0.2) is 94.5 Å². The van der Waals surface area contributed by atoms with Crippen LogP contribution in [0.5, 0.6) is 11.5 Å². The van der Waals surface area contributed by atoms with Gasteiger partial charge in [0.05, 0.1) is 48.8 Å². The molecule has 0 bridgehead atoms. The van der Waals surface area contributed by atoms with Gasteiger partial charge in [-0.05, 0) is 78.4 Å². The number of aryl methyl sites for hydroxylation is 1. The van der Waals surface area contributed by atoms with Gasteiger partial charge >= 0.3 is 0 Å². The van der Waals surface area contributed by atoms with Crippen LogP contribution < -0.4 is 14.8 Å². The lowest BCUT2D eigenvalue weighted by Gasteiger charge is -2.22. The Morgan fingerprint density at radius 3 is 2.49 bits per heavy atom. The highest BCUT2D eigenvalue weighted by Crippen LogP contribution is 2.35. The molecule has 240 valence electrons. The number of methoxy groups -OCH3 is 2. The highest BCUT2D eigenvalue weighted by Gasteiger charge is 2.34. The number of carbonyl (C=O) groups is 2. The molecule has 2 amide bonds. The third-order valence-corrected chi connectivity index (χ3v) is 9.89. The van der Waals surface area contributed by atoms with Crippen LogP contribution in [0.2, 0.25) is 0 Å². The number of hydrogen-bond acceptors (Lipinski definition) is 9. The molecule has 1 aliphatic heterocycles. The number of benzene rings is 3. The third-order valence-electron chi connectivity index (χ3n) is 8.05. The summed E-state index contributed by atoms with van der Waals surface area (Å²) in [6, 6.07) is 24.5. The van der Waals surface area contributed by atoms with Gasteiger partial charge in [-0.15, -0.1) is 21.5 Å². The Balaban J connectivity index is 1.25. The van der Waals surface area contributed by atoms with E-state index in [1.165, 1.54) is 11.8 Å². The number of rotatable bonds is 11. The number of nitrogens with zero attached hydrogens (tertiary/aromatic N) is 5. The zero-order valence-corrected chi connectivity index (χ0v) is 28.1. The smallest absolute Gasteiger partial charge is 0.253 e. The minimum absolute atomic E-state index is 0.0903. The molecular weight excluding hydrogens is 633 g/mol. The number of hydrazone groups is 1. The van der Waals surface area contributed by atoms with E-state index >= 15 is 0 Å². The van der Waals surface area contributed by atoms with E-state index in [-0.39, 0.29) is 30.2 Å². The lowest BCUT2D eigenvalue weighted by Crippen LogP contribution is -2.28. The molecule has 3 aromatic carbocycles. The fourth-order valence-electron chi connectivity index (χ4n) is 5.36. The lowest BCUT2D eigenvalue weighted by molar-refractivity contribution is -0.130. The summed E-state index contributed by atoms with van der Waals surface area (Å²) in [4.78, 5) is 28.0. The summed E-state index contributed by atoms with van der Waals surface area (Å²) in [5, 5.41) is 20.8. The molecule has 6 rings (SSSR count). The molecule has 1 N–H and O–H groups in total. The van der Waals surface area contributed by atoms with Crippen molar-refractivity contribution in [1.82, 2.24) is 25.1 Å². The summed E-state index contributed by atoms with van der Waals surface area (Å²) >= 11 is 2.90. The Labute approximate surface area is 281 Å². The number of ether oxygens (including phenoxy) is 2. The number of hydrogen-bond donors (Lipinski definition) is 1. The molecule has 0 aliphatic carbocycles. The zero-order chi connectivity index (χ0) is 32.9. The quantitative estimate of drug-likeness (QED) is 0.163. The van der Waals surface area contributed by atoms with E-state index in [0.717, 1.165) is 38.7 Å². The van der Waals surface area contributed by atoms with Crippen LogP contribution in [0.1, 0.15) is 50.2 Å². The second-order valence-corrected chi connectivity index (χ2v) is 12.8. The number of thiophene rings is 1. The van der Waals surface area contributed by atoms with E-state index in [2.05, 4.69) is 15.5 Å². The molecule has 0 spiro atoms. The van der Waals surface area contributed by atoms with Crippen LogP contribution in [0.25, 0.3) is 5.69 Å². The highest BCUT2D eigenvalue weighted by atomic mass is 32.2. The van der Waals surface area contributed by atoms with Gasteiger partial charge in [0.1, 0.15) is 11.5 Å². The summed E-state index contributed by atoms with van der Waals surface area (Å²) in [6.07, 6.45) is 0.610. The first-order chi connectivity index (χ1) is 22.9. The Bertz CT molecular complexity index is 1920. The van der Waals surface area contributed by atoms with Crippen molar-refractivity contribution in [3.63, 3.8) is 0 Å². The lowest BCUT2D eigenvalue weighted by atomic mass is 10.0. The minimum atomic E-state index is -0.262. The van der Waals surface area contributed by atoms with Gasteiger partial charge in [0.2, 0.25) is 0 Å². The Kier molecular flexibility index (Phi) is 9.69. The van der Waals surface area contributed by atoms with Gasteiger partial charge in [0, 0.05) is 12.0 Å². The molecule has 1 atom stereocenters. The molecule has 47 heavy (non-hydrogen) atoms. The molecule has 0 fully saturated rings. The van der Waals surface area contributed by atoms with Crippen LogP contribution in [0.3, 0.4) is 0 Å². The highest BCUT2D eigenvalue weighted by molar-refractivity contribution is 7.99. The van der Waals surface area contributed by atoms with E-state index in [1.807, 2.05) is 78.4 Å². The SMILES string of the molecule is COc1ccc(C2CC(c3cccs3)=NN2C(=O)CSc2nnc(CNC(=O)c3cccc(OC)c3)n2-c2cccc(C)c2C)cc1. The molecule has 0 saturated carbocycles. The maximum atomic E-state index is 13.9. The van der Waals surface area contributed by atoms with Crippen molar-refractivity contribution < 1.29 is 19.1 Å². The molecule has 12 heteroatoms. The van der Waals surface area contributed by atoms with Crippen LogP contribution in [0, 0.1) is 13.8 Å². The molecule has 5 aromatic rings. The van der Waals surface area contributed by atoms with Gasteiger partial charge in [-0.3, -0.25) is 14.2 Å². The summed E-state index contributed by atoms with van der Waals surface area (Å²) in [5.41, 5.74) is 5.36. The number of amides is 2. The maximum Gasteiger partial charge on any atom is 0.253 e. The van der Waals surface area contributed by atoms with Crippen molar-refractivity contribution in [3.05, 3.63) is 117 Å². The molecule has 0 radical (unpaired) electrons. The summed E-state index contributed by atoms with van der Waals surface area (Å²) in [7, 11) is 3.19. The molecule has 2 aromatic heterocycles. The average molecular weight is 667 g/mol. The first-order valence-electron chi connectivity index (χ1n) is 15.0. The molecule has 10 nitrogen and oxygen atoms in total. The van der Waals surface area contributed by atoms with Crippen LogP contribution in [-0.4, -0.2) is 57.3 Å². The maximum absolute atomic E-state index is 13.9. The van der Waals surface area contributed by atoms with Gasteiger partial charge in [-0.2, -0.15) is 5.10 Å². The zero-order valence-electron chi connectivity index (χ0n) is 26.5.